The summed E-state index contributed by atoms with van der Waals surface area (Å²) in [6.07, 6.45) is 8.50. The Labute approximate surface area is 173 Å². The summed E-state index contributed by atoms with van der Waals surface area (Å²) in [4.78, 5) is 5.37. The molecule has 3 fully saturated rings. The van der Waals surface area contributed by atoms with Crippen LogP contribution in [0.1, 0.15) is 70.8 Å². The van der Waals surface area contributed by atoms with E-state index in [2.05, 4.69) is 54.8 Å². The van der Waals surface area contributed by atoms with E-state index in [4.69, 9.17) is 0 Å². The van der Waals surface area contributed by atoms with Crippen molar-refractivity contribution in [3.05, 3.63) is 29.8 Å². The lowest BCUT2D eigenvalue weighted by molar-refractivity contribution is 0.169. The van der Waals surface area contributed by atoms with E-state index in [-0.39, 0.29) is 12.4 Å². The number of nitrogens with zero attached hydrogens (tertiary/aromatic N) is 2. The number of para-hydroxylation sites is 1. The molecule has 4 rings (SSSR count). The van der Waals surface area contributed by atoms with Gasteiger partial charge in [-0.2, -0.15) is 0 Å². The highest BCUT2D eigenvalue weighted by atomic mass is 35.5. The number of rotatable bonds is 4. The van der Waals surface area contributed by atoms with Crippen molar-refractivity contribution in [3.8, 4) is 0 Å². The third kappa shape index (κ3) is 5.21. The summed E-state index contributed by atoms with van der Waals surface area (Å²) in [7, 11) is 0. The molecule has 0 bridgehead atoms. The van der Waals surface area contributed by atoms with Gasteiger partial charge in [0.1, 0.15) is 0 Å². The second-order valence-electron chi connectivity index (χ2n) is 10.2. The van der Waals surface area contributed by atoms with Crippen LogP contribution in [0.2, 0.25) is 0 Å². The van der Waals surface area contributed by atoms with Gasteiger partial charge in [-0.1, -0.05) is 39.0 Å². The number of hydrogen-bond donors (Lipinski definition) is 0. The molecule has 1 saturated heterocycles. The summed E-state index contributed by atoms with van der Waals surface area (Å²) in [6, 6.07) is 9.32. The van der Waals surface area contributed by atoms with Crippen LogP contribution in [-0.4, -0.2) is 37.6 Å². The average Bonchev–Trinajstić information content (AvgIpc) is 3.46. The highest BCUT2D eigenvalue weighted by Gasteiger charge is 2.32. The first-order valence-electron chi connectivity index (χ1n) is 11.1. The van der Waals surface area contributed by atoms with E-state index in [1.54, 1.807) is 5.56 Å². The van der Waals surface area contributed by atoms with Crippen molar-refractivity contribution >= 4 is 18.1 Å². The molecule has 1 aliphatic heterocycles. The molecule has 0 amide bonds. The highest BCUT2D eigenvalue weighted by Crippen LogP contribution is 2.45. The fourth-order valence-corrected chi connectivity index (χ4v) is 5.23. The molecule has 3 heteroatoms. The van der Waals surface area contributed by atoms with Gasteiger partial charge < -0.3 is 4.90 Å². The van der Waals surface area contributed by atoms with Crippen LogP contribution < -0.4 is 4.90 Å². The van der Waals surface area contributed by atoms with Crippen molar-refractivity contribution < 1.29 is 0 Å². The predicted octanol–water partition coefficient (Wildman–Crippen LogP) is 5.96. The monoisotopic (exact) mass is 390 g/mol. The molecule has 0 atom stereocenters. The van der Waals surface area contributed by atoms with E-state index in [0.717, 1.165) is 17.8 Å². The van der Waals surface area contributed by atoms with Crippen molar-refractivity contribution in [1.29, 1.82) is 0 Å². The molecule has 1 aromatic carbocycles. The van der Waals surface area contributed by atoms with Gasteiger partial charge in [0.2, 0.25) is 0 Å². The van der Waals surface area contributed by atoms with Gasteiger partial charge in [0.15, 0.2) is 0 Å². The minimum absolute atomic E-state index is 0. The second kappa shape index (κ2) is 8.74. The molecule has 2 saturated carbocycles. The second-order valence-corrected chi connectivity index (χ2v) is 10.2. The normalized spacial score (nSPS) is 27.3. The van der Waals surface area contributed by atoms with Crippen LogP contribution in [0.15, 0.2) is 24.3 Å². The zero-order valence-electron chi connectivity index (χ0n) is 17.6. The first kappa shape index (κ1) is 21.0. The lowest BCUT2D eigenvalue weighted by Gasteiger charge is -2.40. The maximum atomic E-state index is 2.70. The molecule has 3 aliphatic rings. The zero-order valence-corrected chi connectivity index (χ0v) is 18.4. The van der Waals surface area contributed by atoms with Crippen molar-refractivity contribution in [1.82, 2.24) is 4.90 Å². The Morgan fingerprint density at radius 2 is 1.48 bits per heavy atom. The molecular formula is C24H39ClN2. The molecule has 1 heterocycles. The Kier molecular flexibility index (Phi) is 6.79. The third-order valence-corrected chi connectivity index (χ3v) is 7.25. The van der Waals surface area contributed by atoms with Gasteiger partial charge in [-0.15, -0.1) is 12.4 Å². The number of piperazine rings is 1. The Morgan fingerprint density at radius 3 is 2.07 bits per heavy atom. The minimum atomic E-state index is 0. The Morgan fingerprint density at radius 1 is 0.852 bits per heavy atom. The molecule has 0 N–H and O–H groups in total. The van der Waals surface area contributed by atoms with E-state index in [1.807, 2.05) is 0 Å². The highest BCUT2D eigenvalue weighted by molar-refractivity contribution is 5.85. The van der Waals surface area contributed by atoms with Crippen LogP contribution in [0, 0.1) is 17.3 Å². The number of halogens is 1. The van der Waals surface area contributed by atoms with Gasteiger partial charge in [0.25, 0.3) is 0 Å². The average molecular weight is 391 g/mol. The molecule has 0 unspecified atom stereocenters. The van der Waals surface area contributed by atoms with Crippen LogP contribution >= 0.6 is 12.4 Å². The standard InChI is InChI=1S/C24H38N2.ClH/c1-24(2,3)21-12-10-20(11-13-21)22-6-4-5-7-23(22)26-16-14-25(15-17-26)18-19-8-9-19;/h4-7,19-21H,8-18H2,1-3H3;1H. The van der Waals surface area contributed by atoms with E-state index < -0.39 is 0 Å². The molecule has 152 valence electrons. The third-order valence-electron chi connectivity index (χ3n) is 7.25. The summed E-state index contributed by atoms with van der Waals surface area (Å²) in [5, 5.41) is 0. The Hall–Kier alpha value is -0.730. The van der Waals surface area contributed by atoms with Gasteiger partial charge in [-0.05, 0) is 73.3 Å². The first-order valence-corrected chi connectivity index (χ1v) is 11.1. The lowest BCUT2D eigenvalue weighted by atomic mass is 9.68. The fraction of sp³-hybridized carbons (Fsp3) is 0.750. The molecule has 0 radical (unpaired) electrons. The molecule has 2 aliphatic carbocycles. The van der Waals surface area contributed by atoms with E-state index in [0.29, 0.717) is 5.41 Å². The zero-order chi connectivity index (χ0) is 18.1. The summed E-state index contributed by atoms with van der Waals surface area (Å²) >= 11 is 0. The van der Waals surface area contributed by atoms with Gasteiger partial charge >= 0.3 is 0 Å². The van der Waals surface area contributed by atoms with Crippen molar-refractivity contribution in [2.75, 3.05) is 37.6 Å². The van der Waals surface area contributed by atoms with E-state index in [1.165, 1.54) is 76.9 Å². The van der Waals surface area contributed by atoms with Crippen molar-refractivity contribution in [2.24, 2.45) is 17.3 Å². The summed E-state index contributed by atoms with van der Waals surface area (Å²) < 4.78 is 0. The van der Waals surface area contributed by atoms with E-state index in [9.17, 15) is 0 Å². The van der Waals surface area contributed by atoms with Crippen LogP contribution in [0.3, 0.4) is 0 Å². The van der Waals surface area contributed by atoms with Crippen molar-refractivity contribution in [2.45, 2.75) is 65.2 Å². The number of benzene rings is 1. The van der Waals surface area contributed by atoms with Crippen LogP contribution in [0.4, 0.5) is 5.69 Å². The first-order chi connectivity index (χ1) is 12.5. The van der Waals surface area contributed by atoms with Crippen LogP contribution in [0.5, 0.6) is 0 Å². The quantitative estimate of drug-likeness (QED) is 0.625. The van der Waals surface area contributed by atoms with Gasteiger partial charge in [-0.25, -0.2) is 0 Å². The van der Waals surface area contributed by atoms with Gasteiger partial charge in [0.05, 0.1) is 0 Å². The number of hydrogen-bond acceptors (Lipinski definition) is 2. The molecule has 27 heavy (non-hydrogen) atoms. The van der Waals surface area contributed by atoms with Crippen molar-refractivity contribution in [3.63, 3.8) is 0 Å². The maximum Gasteiger partial charge on any atom is 0.0402 e. The molecule has 2 nitrogen and oxygen atoms in total. The lowest BCUT2D eigenvalue weighted by Crippen LogP contribution is -2.47. The molecule has 0 aromatic heterocycles. The summed E-state index contributed by atoms with van der Waals surface area (Å²) in [5.74, 6) is 2.69. The largest absolute Gasteiger partial charge is 0.369 e. The Bertz CT molecular complexity index is 589. The predicted molar refractivity (Wildman–Crippen MR) is 119 cm³/mol. The SMILES string of the molecule is CC(C)(C)C1CCC(c2ccccc2N2CCN(CC3CC3)CC2)CC1.Cl. The van der Waals surface area contributed by atoms with Crippen LogP contribution in [-0.2, 0) is 0 Å². The summed E-state index contributed by atoms with van der Waals surface area (Å²) in [6.45, 7) is 13.5. The molecule has 0 spiro atoms. The minimum Gasteiger partial charge on any atom is -0.369 e. The van der Waals surface area contributed by atoms with Gasteiger partial charge in [0, 0.05) is 38.4 Å². The topological polar surface area (TPSA) is 6.48 Å². The fourth-order valence-electron chi connectivity index (χ4n) is 5.23. The Balaban J connectivity index is 0.00000210. The van der Waals surface area contributed by atoms with Crippen LogP contribution in [0.25, 0.3) is 0 Å². The molecular weight excluding hydrogens is 352 g/mol. The number of anilines is 1. The molecule has 1 aromatic rings. The smallest absolute Gasteiger partial charge is 0.0402 e. The van der Waals surface area contributed by atoms with Gasteiger partial charge in [-0.3, -0.25) is 4.90 Å². The summed E-state index contributed by atoms with van der Waals surface area (Å²) in [5.41, 5.74) is 3.65. The maximum absolute atomic E-state index is 2.70. The van der Waals surface area contributed by atoms with E-state index >= 15 is 0 Å².